The Labute approximate surface area is 92.0 Å². The van der Waals surface area contributed by atoms with E-state index in [2.05, 4.69) is 0 Å². The number of rotatable bonds is 1. The molecule has 1 saturated carbocycles. The third kappa shape index (κ3) is 0.764. The lowest BCUT2D eigenvalue weighted by Crippen LogP contribution is -2.68. The highest BCUT2D eigenvalue weighted by Gasteiger charge is 2.72. The zero-order valence-corrected chi connectivity index (χ0v) is 8.67. The molecule has 1 fully saturated rings. The van der Waals surface area contributed by atoms with E-state index in [9.17, 15) is 14.4 Å². The minimum atomic E-state index is -0.850. The largest absolute Gasteiger partial charge is 0.468 e. The number of carbonyl (C=O) groups excluding carboxylic acids is 3. The predicted octanol–water partition coefficient (Wildman–Crippen LogP) is 0.286. The first-order valence-corrected chi connectivity index (χ1v) is 5.16. The molecule has 4 atom stereocenters. The van der Waals surface area contributed by atoms with Crippen molar-refractivity contribution in [2.75, 3.05) is 7.11 Å². The average molecular weight is 218 g/mol. The van der Waals surface area contributed by atoms with Crippen molar-refractivity contribution in [1.29, 1.82) is 0 Å². The van der Waals surface area contributed by atoms with Gasteiger partial charge in [-0.25, -0.2) is 0 Å². The molecular weight excluding hydrogens is 208 g/mol. The summed E-state index contributed by atoms with van der Waals surface area (Å²) in [5, 5.41) is 0. The van der Waals surface area contributed by atoms with Gasteiger partial charge in [0.2, 0.25) is 0 Å². The van der Waals surface area contributed by atoms with Gasteiger partial charge < -0.3 is 4.74 Å². The summed E-state index contributed by atoms with van der Waals surface area (Å²) in [6.45, 7) is 0. The van der Waals surface area contributed by atoms with Gasteiger partial charge in [-0.15, -0.1) is 0 Å². The van der Waals surface area contributed by atoms with Gasteiger partial charge in [-0.2, -0.15) is 0 Å². The summed E-state index contributed by atoms with van der Waals surface area (Å²) in [4.78, 5) is 35.1. The quantitative estimate of drug-likeness (QED) is 0.468. The van der Waals surface area contributed by atoms with Gasteiger partial charge in [0, 0.05) is 11.8 Å². The third-order valence-electron chi connectivity index (χ3n) is 3.98. The predicted molar refractivity (Wildman–Crippen MR) is 53.2 cm³/mol. The normalized spacial score (nSPS) is 42.9. The van der Waals surface area contributed by atoms with Gasteiger partial charge in [0.05, 0.1) is 13.0 Å². The maximum Gasteiger partial charge on any atom is 0.317 e. The number of methoxy groups -OCH3 is 1. The zero-order chi connectivity index (χ0) is 11.5. The molecule has 82 valence electrons. The smallest absolute Gasteiger partial charge is 0.317 e. The number of ether oxygens (including phenoxy) is 1. The fourth-order valence-electron chi connectivity index (χ4n) is 3.17. The van der Waals surface area contributed by atoms with Crippen molar-refractivity contribution < 1.29 is 19.1 Å². The van der Waals surface area contributed by atoms with Crippen LogP contribution in [0.15, 0.2) is 24.3 Å². The van der Waals surface area contributed by atoms with Crippen LogP contribution >= 0.6 is 0 Å². The van der Waals surface area contributed by atoms with Crippen molar-refractivity contribution in [3.05, 3.63) is 24.3 Å². The molecular formula is C12H10O4. The standard InChI is InChI=1S/C12H10O4/c1-16-11(15)12-5-4-6(12)9-7(13)2-3-8(14)10(9)12/h2-6,9-10H,1H3/t6-,9-,10+,12+/m0/s1. The molecule has 0 aromatic heterocycles. The van der Waals surface area contributed by atoms with E-state index < -0.39 is 17.3 Å². The second-order valence-electron chi connectivity index (χ2n) is 4.45. The maximum atomic E-state index is 11.7. The summed E-state index contributed by atoms with van der Waals surface area (Å²) < 4.78 is 4.73. The Morgan fingerprint density at radius 2 is 2.00 bits per heavy atom. The molecule has 0 heterocycles. The molecule has 0 N–H and O–H groups in total. The molecule has 0 aliphatic heterocycles. The van der Waals surface area contributed by atoms with Crippen molar-refractivity contribution in [1.82, 2.24) is 0 Å². The second kappa shape index (κ2) is 2.70. The average Bonchev–Trinajstić information content (AvgIpc) is 2.25. The highest BCUT2D eigenvalue weighted by Crippen LogP contribution is 2.65. The molecule has 0 unspecified atom stereocenters. The number of fused-ring (bicyclic) bond motifs is 4. The number of allylic oxidation sites excluding steroid dienone is 3. The zero-order valence-electron chi connectivity index (χ0n) is 8.67. The second-order valence-corrected chi connectivity index (χ2v) is 4.45. The number of ketones is 2. The third-order valence-corrected chi connectivity index (χ3v) is 3.98. The van der Waals surface area contributed by atoms with Crippen LogP contribution in [0.2, 0.25) is 0 Å². The molecule has 0 aromatic rings. The van der Waals surface area contributed by atoms with Crippen LogP contribution in [0, 0.1) is 23.2 Å². The summed E-state index contributed by atoms with van der Waals surface area (Å²) in [5.74, 6) is -1.63. The summed E-state index contributed by atoms with van der Waals surface area (Å²) in [7, 11) is 1.30. The fourth-order valence-corrected chi connectivity index (χ4v) is 3.17. The van der Waals surface area contributed by atoms with Gasteiger partial charge in [0.1, 0.15) is 5.41 Å². The summed E-state index contributed by atoms with van der Waals surface area (Å²) in [6.07, 6.45) is 6.12. The van der Waals surface area contributed by atoms with Crippen LogP contribution in [0.25, 0.3) is 0 Å². The van der Waals surface area contributed by atoms with Crippen molar-refractivity contribution in [3.63, 3.8) is 0 Å². The first-order chi connectivity index (χ1) is 7.63. The maximum absolute atomic E-state index is 11.7. The summed E-state index contributed by atoms with van der Waals surface area (Å²) >= 11 is 0. The monoisotopic (exact) mass is 218 g/mol. The molecule has 3 aliphatic rings. The molecule has 0 saturated heterocycles. The number of hydrogen-bond donors (Lipinski definition) is 0. The van der Waals surface area contributed by atoms with E-state index in [1.54, 1.807) is 6.08 Å². The molecule has 0 amide bonds. The topological polar surface area (TPSA) is 60.4 Å². The SMILES string of the molecule is COC(=O)[C@]12C=C[C@H]1[C@H]1C(=O)C=CC(=O)[C@H]12. The number of esters is 1. The van der Waals surface area contributed by atoms with E-state index in [4.69, 9.17) is 4.74 Å². The van der Waals surface area contributed by atoms with Gasteiger partial charge in [-0.05, 0) is 12.2 Å². The Bertz CT molecular complexity index is 473. The van der Waals surface area contributed by atoms with Crippen LogP contribution < -0.4 is 0 Å². The van der Waals surface area contributed by atoms with Crippen LogP contribution in [0.4, 0.5) is 0 Å². The first kappa shape index (κ1) is 9.51. The van der Waals surface area contributed by atoms with Gasteiger partial charge in [0.15, 0.2) is 11.6 Å². The molecule has 4 nitrogen and oxygen atoms in total. The van der Waals surface area contributed by atoms with E-state index >= 15 is 0 Å². The first-order valence-electron chi connectivity index (χ1n) is 5.16. The van der Waals surface area contributed by atoms with Gasteiger partial charge in [-0.3, -0.25) is 14.4 Å². The Kier molecular flexibility index (Phi) is 1.60. The molecule has 0 spiro atoms. The lowest BCUT2D eigenvalue weighted by molar-refractivity contribution is -0.183. The van der Waals surface area contributed by atoms with Crippen LogP contribution in [0.3, 0.4) is 0 Å². The lowest BCUT2D eigenvalue weighted by Gasteiger charge is -2.60. The number of carbonyl (C=O) groups is 3. The molecule has 3 aliphatic carbocycles. The Balaban J connectivity index is 2.05. The van der Waals surface area contributed by atoms with Crippen LogP contribution in [0.1, 0.15) is 0 Å². The summed E-state index contributed by atoms with van der Waals surface area (Å²) in [5.41, 5.74) is -0.850. The van der Waals surface area contributed by atoms with E-state index in [1.807, 2.05) is 6.08 Å². The van der Waals surface area contributed by atoms with E-state index in [1.165, 1.54) is 19.3 Å². The van der Waals surface area contributed by atoms with Gasteiger partial charge >= 0.3 is 5.97 Å². The minimum Gasteiger partial charge on any atom is -0.468 e. The molecule has 0 bridgehead atoms. The van der Waals surface area contributed by atoms with Crippen molar-refractivity contribution in [2.24, 2.45) is 23.2 Å². The molecule has 0 radical (unpaired) electrons. The van der Waals surface area contributed by atoms with E-state index in [0.29, 0.717) is 0 Å². The Morgan fingerprint density at radius 1 is 1.31 bits per heavy atom. The van der Waals surface area contributed by atoms with Crippen LogP contribution in [-0.4, -0.2) is 24.6 Å². The van der Waals surface area contributed by atoms with Gasteiger partial charge in [-0.1, -0.05) is 12.2 Å². The van der Waals surface area contributed by atoms with E-state index in [0.717, 1.165) is 0 Å². The molecule has 3 rings (SSSR count). The minimum absolute atomic E-state index is 0.0570. The number of hydrogen-bond acceptors (Lipinski definition) is 4. The highest BCUT2D eigenvalue weighted by atomic mass is 16.5. The Hall–Kier alpha value is -1.71. The van der Waals surface area contributed by atoms with Crippen molar-refractivity contribution in [3.8, 4) is 0 Å². The lowest BCUT2D eigenvalue weighted by atomic mass is 9.39. The Morgan fingerprint density at radius 3 is 2.56 bits per heavy atom. The van der Waals surface area contributed by atoms with E-state index in [-0.39, 0.29) is 23.4 Å². The molecule has 0 aromatic carbocycles. The summed E-state index contributed by atoms with van der Waals surface area (Å²) in [6, 6.07) is 0. The van der Waals surface area contributed by atoms with Crippen LogP contribution in [0.5, 0.6) is 0 Å². The van der Waals surface area contributed by atoms with Gasteiger partial charge in [0.25, 0.3) is 0 Å². The van der Waals surface area contributed by atoms with Crippen molar-refractivity contribution in [2.45, 2.75) is 0 Å². The fraction of sp³-hybridized carbons (Fsp3) is 0.417. The van der Waals surface area contributed by atoms with Crippen molar-refractivity contribution >= 4 is 17.5 Å². The highest BCUT2D eigenvalue weighted by molar-refractivity contribution is 6.13. The van der Waals surface area contributed by atoms with Crippen LogP contribution in [-0.2, 0) is 19.1 Å². The molecule has 4 heteroatoms. The molecule has 16 heavy (non-hydrogen) atoms.